The number of hydrogen-bond donors (Lipinski definition) is 2. The van der Waals surface area contributed by atoms with Crippen molar-refractivity contribution in [3.05, 3.63) is 30.0 Å². The van der Waals surface area contributed by atoms with Crippen LogP contribution in [0.15, 0.2) is 24.3 Å². The minimum Gasteiger partial charge on any atom is -0.496 e. The van der Waals surface area contributed by atoms with Gasteiger partial charge in [0.15, 0.2) is 0 Å². The maximum absolute atomic E-state index is 12.9. The molecule has 1 aliphatic heterocycles. The highest BCUT2D eigenvalue weighted by atomic mass is 16.5. The maximum atomic E-state index is 12.9. The van der Waals surface area contributed by atoms with E-state index in [9.17, 15) is 9.59 Å². The third-order valence-electron chi connectivity index (χ3n) is 5.13. The Morgan fingerprint density at radius 1 is 1.39 bits per heavy atom. The fourth-order valence-corrected chi connectivity index (χ4v) is 3.64. The molecule has 0 radical (unpaired) electrons. The molecule has 2 aliphatic rings. The summed E-state index contributed by atoms with van der Waals surface area (Å²) in [6, 6.07) is 6.90. The molecule has 4 rings (SSSR count). The van der Waals surface area contributed by atoms with E-state index in [0.29, 0.717) is 24.4 Å². The van der Waals surface area contributed by atoms with Gasteiger partial charge in [0.25, 0.3) is 5.91 Å². The maximum Gasteiger partial charge on any atom is 0.271 e. The fraction of sp³-hybridized carbons (Fsp3) is 0.412. The van der Waals surface area contributed by atoms with Crippen LogP contribution < -0.4 is 10.5 Å². The first kappa shape index (κ1) is 14.1. The molecule has 6 nitrogen and oxygen atoms in total. The molecule has 1 aliphatic carbocycles. The second-order valence-corrected chi connectivity index (χ2v) is 6.66. The van der Waals surface area contributed by atoms with Crippen molar-refractivity contribution in [1.82, 2.24) is 9.88 Å². The van der Waals surface area contributed by atoms with Gasteiger partial charge in [-0.3, -0.25) is 9.59 Å². The zero-order chi connectivity index (χ0) is 16.2. The van der Waals surface area contributed by atoms with Crippen LogP contribution >= 0.6 is 0 Å². The zero-order valence-corrected chi connectivity index (χ0v) is 13.0. The van der Waals surface area contributed by atoms with E-state index in [1.165, 1.54) is 0 Å². The highest BCUT2D eigenvalue weighted by Gasteiger charge is 2.54. The molecule has 2 fully saturated rings. The summed E-state index contributed by atoms with van der Waals surface area (Å²) in [6.45, 7) is 0.617. The number of carbonyl (C=O) groups is 2. The smallest absolute Gasteiger partial charge is 0.271 e. The first-order valence-corrected chi connectivity index (χ1v) is 7.79. The van der Waals surface area contributed by atoms with Gasteiger partial charge in [-0.1, -0.05) is 6.07 Å². The fourth-order valence-electron chi connectivity index (χ4n) is 3.64. The number of aromatic nitrogens is 1. The number of methoxy groups -OCH3 is 1. The normalized spacial score (nSPS) is 21.8. The summed E-state index contributed by atoms with van der Waals surface area (Å²) in [5, 5.41) is 0.856. The lowest BCUT2D eigenvalue weighted by Gasteiger charge is -2.21. The third kappa shape index (κ3) is 2.17. The van der Waals surface area contributed by atoms with Gasteiger partial charge in [0.05, 0.1) is 7.11 Å². The SMILES string of the molecule is COc1cccc2[nH]c(C(=O)N3CC4(CC4)CC3C(N)=O)cc12. The second-order valence-electron chi connectivity index (χ2n) is 6.66. The average molecular weight is 313 g/mol. The van der Waals surface area contributed by atoms with Gasteiger partial charge in [-0.15, -0.1) is 0 Å². The van der Waals surface area contributed by atoms with Crippen molar-refractivity contribution in [2.75, 3.05) is 13.7 Å². The number of rotatable bonds is 3. The predicted molar refractivity (Wildman–Crippen MR) is 85.2 cm³/mol. The summed E-state index contributed by atoms with van der Waals surface area (Å²) >= 11 is 0. The Labute approximate surface area is 133 Å². The van der Waals surface area contributed by atoms with Gasteiger partial charge in [-0.25, -0.2) is 0 Å². The van der Waals surface area contributed by atoms with Crippen LogP contribution in [0, 0.1) is 5.41 Å². The van der Waals surface area contributed by atoms with Crippen molar-refractivity contribution >= 4 is 22.7 Å². The molecule has 23 heavy (non-hydrogen) atoms. The Morgan fingerprint density at radius 3 is 2.83 bits per heavy atom. The van der Waals surface area contributed by atoms with E-state index in [4.69, 9.17) is 10.5 Å². The summed E-state index contributed by atoms with van der Waals surface area (Å²) in [5.41, 5.74) is 6.94. The number of nitrogens with zero attached hydrogens (tertiary/aromatic N) is 1. The Balaban J connectivity index is 1.70. The number of aromatic amines is 1. The standard InChI is InChI=1S/C17H19N3O3/c1-23-14-4-2-3-11-10(14)7-12(19-11)16(22)20-9-17(5-6-17)8-13(20)15(18)21/h2-4,7,13,19H,5-6,8-9H2,1H3,(H2,18,21). The third-order valence-corrected chi connectivity index (χ3v) is 5.13. The van der Waals surface area contributed by atoms with E-state index < -0.39 is 11.9 Å². The van der Waals surface area contributed by atoms with Crippen molar-refractivity contribution in [3.8, 4) is 5.75 Å². The second kappa shape index (κ2) is 4.75. The minimum absolute atomic E-state index is 0.124. The van der Waals surface area contributed by atoms with E-state index in [1.54, 1.807) is 18.1 Å². The molecule has 1 atom stereocenters. The van der Waals surface area contributed by atoms with Crippen molar-refractivity contribution in [1.29, 1.82) is 0 Å². The van der Waals surface area contributed by atoms with Crippen LogP contribution in [0.2, 0.25) is 0 Å². The molecule has 1 aromatic carbocycles. The number of primary amides is 1. The largest absolute Gasteiger partial charge is 0.496 e. The summed E-state index contributed by atoms with van der Waals surface area (Å²) in [4.78, 5) is 29.4. The number of nitrogens with one attached hydrogen (secondary N) is 1. The Morgan fingerprint density at radius 2 is 2.17 bits per heavy atom. The van der Waals surface area contributed by atoms with Gasteiger partial charge in [0.2, 0.25) is 5.91 Å². The van der Waals surface area contributed by atoms with Crippen LogP contribution in [0.4, 0.5) is 0 Å². The van der Waals surface area contributed by atoms with Crippen molar-refractivity contribution in [2.24, 2.45) is 11.1 Å². The van der Waals surface area contributed by atoms with Crippen molar-refractivity contribution in [2.45, 2.75) is 25.3 Å². The summed E-state index contributed by atoms with van der Waals surface area (Å²) in [5.74, 6) is 0.121. The van der Waals surface area contributed by atoms with Crippen LogP contribution in [0.5, 0.6) is 5.75 Å². The minimum atomic E-state index is -0.502. The topological polar surface area (TPSA) is 88.4 Å². The lowest BCUT2D eigenvalue weighted by molar-refractivity contribution is -0.121. The van der Waals surface area contributed by atoms with Crippen LogP contribution in [-0.2, 0) is 4.79 Å². The number of hydrogen-bond acceptors (Lipinski definition) is 3. The first-order valence-electron chi connectivity index (χ1n) is 7.79. The summed E-state index contributed by atoms with van der Waals surface area (Å²) < 4.78 is 5.33. The number of nitrogens with two attached hydrogens (primary N) is 1. The Bertz CT molecular complexity index is 807. The molecule has 1 unspecified atom stereocenters. The molecule has 2 heterocycles. The van der Waals surface area contributed by atoms with Gasteiger partial charge in [-0.05, 0) is 42.9 Å². The number of amides is 2. The molecular formula is C17H19N3O3. The Kier molecular flexibility index (Phi) is 2.91. The molecular weight excluding hydrogens is 294 g/mol. The van der Waals surface area contributed by atoms with E-state index in [2.05, 4.69) is 4.98 Å². The van der Waals surface area contributed by atoms with Crippen molar-refractivity contribution in [3.63, 3.8) is 0 Å². The van der Waals surface area contributed by atoms with Crippen LogP contribution in [0.1, 0.15) is 29.8 Å². The van der Waals surface area contributed by atoms with E-state index in [0.717, 1.165) is 23.7 Å². The monoisotopic (exact) mass is 313 g/mol. The molecule has 2 amide bonds. The van der Waals surface area contributed by atoms with Crippen LogP contribution in [0.25, 0.3) is 10.9 Å². The van der Waals surface area contributed by atoms with Gasteiger partial charge in [-0.2, -0.15) is 0 Å². The number of likely N-dealkylation sites (tertiary alicyclic amines) is 1. The van der Waals surface area contributed by atoms with E-state index >= 15 is 0 Å². The van der Waals surface area contributed by atoms with E-state index in [1.807, 2.05) is 18.2 Å². The number of benzene rings is 1. The van der Waals surface area contributed by atoms with E-state index in [-0.39, 0.29) is 11.3 Å². The van der Waals surface area contributed by atoms with Gasteiger partial charge < -0.3 is 20.4 Å². The average Bonchev–Trinajstić information content (AvgIpc) is 2.98. The molecule has 0 bridgehead atoms. The highest BCUT2D eigenvalue weighted by Crippen LogP contribution is 2.54. The highest BCUT2D eigenvalue weighted by molar-refractivity contribution is 6.01. The first-order chi connectivity index (χ1) is 11.0. The van der Waals surface area contributed by atoms with Gasteiger partial charge in [0.1, 0.15) is 17.5 Å². The van der Waals surface area contributed by atoms with Crippen LogP contribution in [-0.4, -0.2) is 41.4 Å². The molecule has 2 aromatic rings. The number of H-pyrrole nitrogens is 1. The molecule has 1 saturated heterocycles. The number of carbonyl (C=O) groups excluding carboxylic acids is 2. The molecule has 1 saturated carbocycles. The summed E-state index contributed by atoms with van der Waals surface area (Å²) in [6.07, 6.45) is 2.83. The number of fused-ring (bicyclic) bond motifs is 1. The quantitative estimate of drug-likeness (QED) is 0.903. The Hall–Kier alpha value is -2.50. The van der Waals surface area contributed by atoms with Gasteiger partial charge >= 0.3 is 0 Å². The van der Waals surface area contributed by atoms with Crippen molar-refractivity contribution < 1.29 is 14.3 Å². The molecule has 1 aromatic heterocycles. The number of ether oxygens (including phenoxy) is 1. The predicted octanol–water partition coefficient (Wildman–Crippen LogP) is 1.66. The molecule has 3 N–H and O–H groups in total. The molecule has 120 valence electrons. The lowest BCUT2D eigenvalue weighted by Crippen LogP contribution is -2.43. The lowest BCUT2D eigenvalue weighted by atomic mass is 10.0. The van der Waals surface area contributed by atoms with Gasteiger partial charge in [0, 0.05) is 17.4 Å². The van der Waals surface area contributed by atoms with Crippen LogP contribution in [0.3, 0.4) is 0 Å². The molecule has 1 spiro atoms. The molecule has 6 heteroatoms. The zero-order valence-electron chi connectivity index (χ0n) is 13.0. The summed E-state index contributed by atoms with van der Waals surface area (Å²) in [7, 11) is 1.60.